The van der Waals surface area contributed by atoms with E-state index in [-0.39, 0.29) is 11.9 Å². The first-order valence-corrected chi connectivity index (χ1v) is 8.82. The second-order valence-corrected chi connectivity index (χ2v) is 7.12. The van der Waals surface area contributed by atoms with E-state index in [1.54, 1.807) is 6.26 Å². The normalized spacial score (nSPS) is 22.5. The monoisotopic (exact) mass is 314 g/mol. The highest BCUT2D eigenvalue weighted by atomic mass is 32.2. The molecule has 1 heterocycles. The zero-order chi connectivity index (χ0) is 15.6. The summed E-state index contributed by atoms with van der Waals surface area (Å²) in [6.45, 7) is 0.328. The largest absolute Gasteiger partial charge is 0.464 e. The summed E-state index contributed by atoms with van der Waals surface area (Å²) in [6, 6.07) is 19.6. The molecule has 2 aromatic rings. The van der Waals surface area contributed by atoms with Gasteiger partial charge < -0.3 is 4.74 Å². The number of hydrogen-bond donors (Lipinski definition) is 0. The Balaban J connectivity index is 2.21. The van der Waals surface area contributed by atoms with Gasteiger partial charge in [-0.05, 0) is 11.1 Å². The molecule has 1 fully saturated rings. The van der Waals surface area contributed by atoms with Gasteiger partial charge in [0.15, 0.2) is 4.75 Å². The summed E-state index contributed by atoms with van der Waals surface area (Å²) in [4.78, 5) is 12.5. The lowest BCUT2D eigenvalue weighted by atomic mass is 9.79. The van der Waals surface area contributed by atoms with Gasteiger partial charge in [0.1, 0.15) is 0 Å². The number of rotatable bonds is 4. The van der Waals surface area contributed by atoms with Crippen LogP contribution < -0.4 is 0 Å². The minimum atomic E-state index is -1.34. The molecular weight excluding hydrogens is 296 g/mol. The Bertz CT molecular complexity index is 644. The predicted octanol–water partition coefficient (Wildman–Crippen LogP) is 2.88. The molecule has 0 amide bonds. The van der Waals surface area contributed by atoms with E-state index < -0.39 is 15.5 Å². The van der Waals surface area contributed by atoms with Crippen LogP contribution in [0, 0.1) is 0 Å². The first kappa shape index (κ1) is 15.0. The van der Waals surface area contributed by atoms with Crippen LogP contribution in [0.15, 0.2) is 60.7 Å². The van der Waals surface area contributed by atoms with Gasteiger partial charge >= 0.3 is 5.97 Å². The van der Waals surface area contributed by atoms with Crippen LogP contribution in [0.2, 0.25) is 0 Å². The lowest BCUT2D eigenvalue weighted by Gasteiger charge is -2.32. The summed E-state index contributed by atoms with van der Waals surface area (Å²) in [6.07, 6.45) is 2.08. The zero-order valence-electron chi connectivity index (χ0n) is 12.4. The van der Waals surface area contributed by atoms with E-state index in [1.807, 2.05) is 60.7 Å². The molecule has 1 aliphatic heterocycles. The second-order valence-electron chi connectivity index (χ2n) is 5.48. The lowest BCUT2D eigenvalue weighted by molar-refractivity contribution is -0.140. The minimum Gasteiger partial charge on any atom is -0.464 e. The van der Waals surface area contributed by atoms with E-state index in [0.717, 1.165) is 11.1 Å². The molecule has 0 saturated carbocycles. The highest BCUT2D eigenvalue weighted by Crippen LogP contribution is 2.44. The average Bonchev–Trinajstić information content (AvgIpc) is 2.92. The molecule has 0 radical (unpaired) electrons. The van der Waals surface area contributed by atoms with Crippen LogP contribution in [-0.2, 0) is 20.3 Å². The maximum atomic E-state index is 12.6. The Kier molecular flexibility index (Phi) is 4.12. The van der Waals surface area contributed by atoms with Gasteiger partial charge in [-0.1, -0.05) is 60.7 Å². The van der Waals surface area contributed by atoms with Crippen LogP contribution >= 0.6 is 0 Å². The van der Waals surface area contributed by atoms with E-state index in [1.165, 1.54) is 0 Å². The first-order valence-electron chi connectivity index (χ1n) is 7.27. The van der Waals surface area contributed by atoms with Crippen molar-refractivity contribution < 1.29 is 13.7 Å². The Labute approximate surface area is 132 Å². The van der Waals surface area contributed by atoms with Gasteiger partial charge in [0.2, 0.25) is 0 Å². The number of carbonyl (C=O) groups is 1. The molecule has 114 valence electrons. The lowest BCUT2D eigenvalue weighted by Crippen LogP contribution is -2.45. The van der Waals surface area contributed by atoms with Gasteiger partial charge in [-0.25, -0.2) is 0 Å². The fourth-order valence-electron chi connectivity index (χ4n) is 3.23. The standard InChI is InChI=1S/C18H18O3S/c1-22(20)18(12-13-21-17(18)19)16(14-8-4-2-5-9-14)15-10-6-3-7-11-15/h2-11,16H,12-13H2,1H3. The van der Waals surface area contributed by atoms with Gasteiger partial charge in [0, 0.05) is 29.4 Å². The van der Waals surface area contributed by atoms with Crippen LogP contribution in [0.3, 0.4) is 0 Å². The number of cyclic esters (lactones) is 1. The van der Waals surface area contributed by atoms with E-state index >= 15 is 0 Å². The summed E-state index contributed by atoms with van der Waals surface area (Å²) in [5.41, 5.74) is 1.98. The van der Waals surface area contributed by atoms with Crippen molar-refractivity contribution in [1.29, 1.82) is 0 Å². The molecule has 22 heavy (non-hydrogen) atoms. The highest BCUT2D eigenvalue weighted by Gasteiger charge is 2.55. The predicted molar refractivity (Wildman–Crippen MR) is 87.1 cm³/mol. The van der Waals surface area contributed by atoms with Gasteiger partial charge in [-0.15, -0.1) is 0 Å². The van der Waals surface area contributed by atoms with Crippen molar-refractivity contribution in [3.05, 3.63) is 71.8 Å². The smallest absolute Gasteiger partial charge is 0.325 e. The number of ether oxygens (including phenoxy) is 1. The molecule has 3 nitrogen and oxygen atoms in total. The molecule has 1 aliphatic rings. The quantitative estimate of drug-likeness (QED) is 0.815. The molecule has 0 bridgehead atoms. The molecule has 0 aromatic heterocycles. The molecule has 2 aromatic carbocycles. The van der Waals surface area contributed by atoms with Gasteiger partial charge in [-0.3, -0.25) is 9.00 Å². The molecule has 4 heteroatoms. The molecule has 2 unspecified atom stereocenters. The summed E-state index contributed by atoms with van der Waals surface area (Å²) >= 11 is 0. The van der Waals surface area contributed by atoms with Crippen LogP contribution in [0.4, 0.5) is 0 Å². The third kappa shape index (κ3) is 2.37. The number of carbonyl (C=O) groups excluding carboxylic acids is 1. The van der Waals surface area contributed by atoms with Gasteiger partial charge in [0.25, 0.3) is 0 Å². The SMILES string of the molecule is CS(=O)C1(C(c2ccccc2)c2ccccc2)CCOC1=O. The Morgan fingerprint density at radius 1 is 1.00 bits per heavy atom. The van der Waals surface area contributed by atoms with E-state index in [0.29, 0.717) is 13.0 Å². The van der Waals surface area contributed by atoms with Crippen molar-refractivity contribution >= 4 is 16.8 Å². The van der Waals surface area contributed by atoms with Crippen molar-refractivity contribution in [2.75, 3.05) is 12.9 Å². The topological polar surface area (TPSA) is 43.4 Å². The molecule has 0 N–H and O–H groups in total. The van der Waals surface area contributed by atoms with E-state index in [9.17, 15) is 9.00 Å². The first-order chi connectivity index (χ1) is 10.7. The third-order valence-corrected chi connectivity index (χ3v) is 5.93. The summed E-state index contributed by atoms with van der Waals surface area (Å²) in [5, 5.41) is 0. The highest BCUT2D eigenvalue weighted by molar-refractivity contribution is 7.86. The number of esters is 1. The Morgan fingerprint density at radius 2 is 1.50 bits per heavy atom. The fraction of sp³-hybridized carbons (Fsp3) is 0.278. The number of hydrogen-bond acceptors (Lipinski definition) is 3. The average molecular weight is 314 g/mol. The summed E-state index contributed by atoms with van der Waals surface area (Å²) in [5.74, 6) is -0.623. The van der Waals surface area contributed by atoms with Crippen molar-refractivity contribution in [2.45, 2.75) is 17.1 Å². The van der Waals surface area contributed by atoms with Crippen LogP contribution in [0.5, 0.6) is 0 Å². The zero-order valence-corrected chi connectivity index (χ0v) is 13.2. The van der Waals surface area contributed by atoms with E-state index in [2.05, 4.69) is 0 Å². The van der Waals surface area contributed by atoms with E-state index in [4.69, 9.17) is 4.74 Å². The maximum absolute atomic E-state index is 12.6. The van der Waals surface area contributed by atoms with Gasteiger partial charge in [0.05, 0.1) is 6.61 Å². The van der Waals surface area contributed by atoms with Crippen molar-refractivity contribution in [3.8, 4) is 0 Å². The molecule has 2 atom stereocenters. The van der Waals surface area contributed by atoms with Gasteiger partial charge in [-0.2, -0.15) is 0 Å². The van der Waals surface area contributed by atoms with Crippen molar-refractivity contribution in [2.24, 2.45) is 0 Å². The summed E-state index contributed by atoms with van der Waals surface area (Å²) in [7, 11) is -1.34. The minimum absolute atomic E-state index is 0.268. The van der Waals surface area contributed by atoms with Crippen LogP contribution in [-0.4, -0.2) is 27.8 Å². The maximum Gasteiger partial charge on any atom is 0.325 e. The second kappa shape index (κ2) is 6.05. The Morgan fingerprint density at radius 3 is 1.86 bits per heavy atom. The molecule has 0 aliphatic carbocycles. The Hall–Kier alpha value is -1.94. The third-order valence-electron chi connectivity index (χ3n) is 4.30. The fourth-order valence-corrected chi connectivity index (χ4v) is 4.50. The van der Waals surface area contributed by atoms with Crippen LogP contribution in [0.1, 0.15) is 23.5 Å². The molecular formula is C18H18O3S. The molecule has 1 saturated heterocycles. The number of benzene rings is 2. The molecule has 3 rings (SSSR count). The van der Waals surface area contributed by atoms with Crippen molar-refractivity contribution in [1.82, 2.24) is 0 Å². The summed E-state index contributed by atoms with van der Waals surface area (Å²) < 4.78 is 16.8. The van der Waals surface area contributed by atoms with Crippen molar-refractivity contribution in [3.63, 3.8) is 0 Å². The van der Waals surface area contributed by atoms with Crippen LogP contribution in [0.25, 0.3) is 0 Å². The molecule has 0 spiro atoms.